The molecule has 1 N–H and O–H groups in total. The maximum Gasteiger partial charge on any atom is 0.288 e. The number of carbonyl (C=O) groups is 1. The van der Waals surface area contributed by atoms with Gasteiger partial charge in [-0.3, -0.25) is 4.79 Å². The molecule has 7 aromatic carbocycles. The summed E-state index contributed by atoms with van der Waals surface area (Å²) in [7, 11) is 0. The molecule has 0 saturated heterocycles. The molecular formula is C51H14B2F30N3O-. The minimum absolute atomic E-state index is 0.00390. The fraction of sp³-hybridized carbons (Fsp3) is 0.0196. The van der Waals surface area contributed by atoms with Crippen LogP contribution in [0.4, 0.5) is 132 Å². The lowest BCUT2D eigenvalue weighted by molar-refractivity contribution is -0.538. The summed E-state index contributed by atoms with van der Waals surface area (Å²) >= 11 is 0. The van der Waals surface area contributed by atoms with Crippen LogP contribution < -0.4 is 42.6 Å². The SMILES string of the molecule is C=Cc1ccc(CNC(=O)/C=C/c2c[n+]([B-](c3c(F)c(F)c(F)c(F)c3F)(c3c(F)c(F)c(F)c(F)c3F)c3c(F)c(F)c(F)c(F)c3F)cn2[B-](c2c(F)c(F)c(F)c(F)c2F)(c2c(F)c(F)c(F)c(F)c2F)c2c(F)c(F)c(F)c(F)c2F)cc1. The normalized spacial score (nSPS) is 12.1. The molecule has 0 bridgehead atoms. The van der Waals surface area contributed by atoms with Crippen molar-refractivity contribution in [2.45, 2.75) is 6.54 Å². The van der Waals surface area contributed by atoms with E-state index >= 15 is 119 Å². The van der Waals surface area contributed by atoms with Gasteiger partial charge in [0.1, 0.15) is 75.5 Å². The third kappa shape index (κ3) is 9.12. The van der Waals surface area contributed by atoms with E-state index in [2.05, 4.69) is 6.58 Å². The van der Waals surface area contributed by atoms with Gasteiger partial charge in [-0.2, -0.15) is 0 Å². The van der Waals surface area contributed by atoms with Crippen LogP contribution in [0.2, 0.25) is 0 Å². The smallest absolute Gasteiger partial charge is 0.288 e. The summed E-state index contributed by atoms with van der Waals surface area (Å²) in [4.78, 5) is 13.6. The fourth-order valence-corrected chi connectivity index (χ4v) is 9.97. The zero-order chi connectivity index (χ0) is 65.0. The van der Waals surface area contributed by atoms with Gasteiger partial charge >= 0.3 is 0 Å². The van der Waals surface area contributed by atoms with Crippen molar-refractivity contribution in [3.8, 4) is 0 Å². The van der Waals surface area contributed by atoms with E-state index in [4.69, 9.17) is 0 Å². The van der Waals surface area contributed by atoms with E-state index in [1.54, 1.807) is 0 Å². The maximum absolute atomic E-state index is 17.1. The third-order valence-electron chi connectivity index (χ3n) is 13.8. The summed E-state index contributed by atoms with van der Waals surface area (Å²) in [5.74, 6) is -117. The van der Waals surface area contributed by atoms with Crippen molar-refractivity contribution in [2.24, 2.45) is 0 Å². The van der Waals surface area contributed by atoms with Crippen molar-refractivity contribution < 1.29 is 141 Å². The number of rotatable bonds is 13. The summed E-state index contributed by atoms with van der Waals surface area (Å²) < 4.78 is 481. The van der Waals surface area contributed by atoms with Gasteiger partial charge in [-0.25, -0.2) is 132 Å². The average molecular weight is 1280 g/mol. The third-order valence-corrected chi connectivity index (χ3v) is 13.8. The summed E-state index contributed by atoms with van der Waals surface area (Å²) in [6, 6.07) is 4.93. The first-order chi connectivity index (χ1) is 40.6. The van der Waals surface area contributed by atoms with Crippen molar-refractivity contribution in [1.82, 2.24) is 9.79 Å². The number of aromatic nitrogens is 2. The van der Waals surface area contributed by atoms with Gasteiger partial charge in [0.2, 0.25) is 5.91 Å². The first-order valence-electron chi connectivity index (χ1n) is 22.8. The number of benzene rings is 7. The first kappa shape index (κ1) is 63.7. The highest BCUT2D eigenvalue weighted by atomic mass is 19.2. The van der Waals surface area contributed by atoms with Crippen LogP contribution in [0.3, 0.4) is 0 Å². The van der Waals surface area contributed by atoms with E-state index in [1.165, 1.54) is 30.3 Å². The van der Waals surface area contributed by atoms with E-state index in [0.29, 0.717) is 5.56 Å². The zero-order valence-corrected chi connectivity index (χ0v) is 40.9. The number of nitrogens with one attached hydrogen (secondary N) is 1. The molecule has 1 aromatic heterocycles. The Morgan fingerprint density at radius 3 is 0.874 bits per heavy atom. The number of hydrogen-bond donors (Lipinski definition) is 1. The highest BCUT2D eigenvalue weighted by molar-refractivity contribution is 7.11. The molecule has 87 heavy (non-hydrogen) atoms. The summed E-state index contributed by atoms with van der Waals surface area (Å²) in [5, 5.41) is 1.90. The number of imidazole rings is 1. The predicted octanol–water partition coefficient (Wildman–Crippen LogP) is 9.95. The molecule has 0 aliphatic rings. The molecule has 0 aliphatic carbocycles. The van der Waals surface area contributed by atoms with Crippen molar-refractivity contribution in [3.63, 3.8) is 0 Å². The molecule has 0 fully saturated rings. The van der Waals surface area contributed by atoms with E-state index in [-0.39, 0.29) is 11.6 Å². The number of nitrogens with zero attached hydrogens (tertiary/aromatic N) is 2. The number of carbonyl (C=O) groups excluding carboxylic acids is 1. The topological polar surface area (TPSA) is 37.9 Å². The van der Waals surface area contributed by atoms with Crippen LogP contribution in [0.1, 0.15) is 16.8 Å². The maximum atomic E-state index is 17.1. The van der Waals surface area contributed by atoms with Crippen molar-refractivity contribution in [2.75, 3.05) is 0 Å². The molecule has 456 valence electrons. The lowest BCUT2D eigenvalue weighted by Gasteiger charge is -2.42. The molecule has 1 amide bonds. The van der Waals surface area contributed by atoms with E-state index in [1.807, 2.05) is 5.32 Å². The standard InChI is InChI=1S/C51H14B2F30N3O/c1-2-12-3-5-13(6-4-12)9-84-15(87)8-7-14-10-85(52(16-22(54)34(66)46(78)35(67)23(16)55,17-24(56)36(68)47(79)37(69)25(17)57)18-26(58)38(70)48(80)39(71)27(18)59)11-86(14)53(19-28(60)40(72)49(81)41(73)29(19)61,20-30(62)42(74)50(82)43(75)31(20)63)21-32(64)44(76)51(83)45(77)33(21)65/h2-8,10-11H,1,9H2,(H,84,87)/q-1/b8-7+. The monoisotopic (exact) mass is 1280 g/mol. The molecule has 0 saturated carbocycles. The first-order valence-corrected chi connectivity index (χ1v) is 22.8. The molecule has 8 aromatic rings. The van der Waals surface area contributed by atoms with Crippen LogP contribution in [0, 0.1) is 175 Å². The van der Waals surface area contributed by atoms with Gasteiger partial charge < -0.3 is 14.3 Å². The van der Waals surface area contributed by atoms with Gasteiger partial charge in [0.05, 0.1) is 6.20 Å². The minimum atomic E-state index is -7.68. The van der Waals surface area contributed by atoms with Gasteiger partial charge in [-0.05, 0) is 17.2 Å². The second-order valence-electron chi connectivity index (χ2n) is 18.1. The van der Waals surface area contributed by atoms with Gasteiger partial charge in [0.25, 0.3) is 12.6 Å². The highest BCUT2D eigenvalue weighted by Gasteiger charge is 2.58. The molecule has 4 nitrogen and oxygen atoms in total. The fourth-order valence-electron chi connectivity index (χ4n) is 9.97. The van der Waals surface area contributed by atoms with Crippen LogP contribution in [0.15, 0.2) is 49.4 Å². The second kappa shape index (κ2) is 22.5. The lowest BCUT2D eigenvalue weighted by atomic mass is 9.22. The molecule has 0 atom stereocenters. The average Bonchev–Trinajstić information content (AvgIpc) is 1.67. The van der Waals surface area contributed by atoms with Crippen LogP contribution in [-0.4, -0.2) is 22.9 Å². The Morgan fingerprint density at radius 1 is 0.379 bits per heavy atom. The van der Waals surface area contributed by atoms with E-state index in [9.17, 15) is 18.0 Å². The molecule has 0 spiro atoms. The van der Waals surface area contributed by atoms with Gasteiger partial charge in [-0.15, -0.1) is 0 Å². The van der Waals surface area contributed by atoms with Crippen molar-refractivity contribution in [1.29, 1.82) is 0 Å². The predicted molar refractivity (Wildman–Crippen MR) is 240 cm³/mol. The minimum Gasteiger partial charge on any atom is -0.425 e. The van der Waals surface area contributed by atoms with Gasteiger partial charge in [-0.1, -0.05) is 69.7 Å². The second-order valence-corrected chi connectivity index (χ2v) is 18.1. The number of hydrogen-bond acceptors (Lipinski definition) is 1. The van der Waals surface area contributed by atoms with Crippen LogP contribution in [-0.2, 0) is 11.3 Å². The summed E-state index contributed by atoms with van der Waals surface area (Å²) in [6.45, 7) is 2.62. The quantitative estimate of drug-likeness (QED) is 0.0404. The Hall–Kier alpha value is -9.27. The van der Waals surface area contributed by atoms with Crippen LogP contribution in [0.5, 0.6) is 0 Å². The van der Waals surface area contributed by atoms with Crippen LogP contribution in [0.25, 0.3) is 12.2 Å². The van der Waals surface area contributed by atoms with Crippen LogP contribution >= 0.6 is 0 Å². The summed E-state index contributed by atoms with van der Waals surface area (Å²) in [6.07, 6.45) is -17.4. The zero-order valence-electron chi connectivity index (χ0n) is 40.9. The van der Waals surface area contributed by atoms with Crippen molar-refractivity contribution >= 4 is 63.4 Å². The molecule has 36 heteroatoms. The number of halogens is 30. The molecule has 0 unspecified atom stereocenters. The van der Waals surface area contributed by atoms with E-state index in [0.717, 1.165) is 0 Å². The Kier molecular flexibility index (Phi) is 16.5. The Balaban J connectivity index is 1.83. The largest absolute Gasteiger partial charge is 0.425 e. The Bertz CT molecular complexity index is 3850. The molecule has 1 heterocycles. The van der Waals surface area contributed by atoms with Gasteiger partial charge in [0.15, 0.2) is 111 Å². The molecule has 8 rings (SSSR count). The Morgan fingerprint density at radius 2 is 0.621 bits per heavy atom. The Labute approximate surface area is 461 Å². The molecular weight excluding hydrogens is 1260 g/mol. The number of amides is 1. The van der Waals surface area contributed by atoms with Crippen molar-refractivity contribution in [3.05, 3.63) is 241 Å². The molecule has 0 radical (unpaired) electrons. The summed E-state index contributed by atoms with van der Waals surface area (Å²) in [5.41, 5.74) is -25.0. The highest BCUT2D eigenvalue weighted by Crippen LogP contribution is 2.33. The van der Waals surface area contributed by atoms with E-state index < -0.39 is 266 Å². The van der Waals surface area contributed by atoms with Gasteiger partial charge in [0, 0.05) is 12.6 Å². The lowest BCUT2D eigenvalue weighted by Crippen LogP contribution is -2.88. The molecule has 0 aliphatic heterocycles.